The second-order valence-electron chi connectivity index (χ2n) is 21.3. The summed E-state index contributed by atoms with van der Waals surface area (Å²) in [6.07, 6.45) is 10.1. The molecule has 3 unspecified atom stereocenters. The van der Waals surface area contributed by atoms with Crippen molar-refractivity contribution in [2.75, 3.05) is 58.4 Å². The van der Waals surface area contributed by atoms with E-state index >= 15 is 0 Å². The highest BCUT2D eigenvalue weighted by molar-refractivity contribution is 5.95. The maximum absolute atomic E-state index is 12.3. The number of carbonyl (C=O) groups excluding carboxylic acids is 3. The lowest BCUT2D eigenvalue weighted by molar-refractivity contribution is -0.125. The first-order chi connectivity index (χ1) is 36.8. The zero-order chi connectivity index (χ0) is 59.4. The Kier molecular flexibility index (Phi) is 36.7. The van der Waals surface area contributed by atoms with Crippen molar-refractivity contribution in [1.82, 2.24) is 20.5 Å². The number of amidine groups is 1. The number of nitrogens with one attached hydrogen (secondary N) is 4. The summed E-state index contributed by atoms with van der Waals surface area (Å²) >= 11 is 0. The number of ether oxygens (including phenoxy) is 3. The van der Waals surface area contributed by atoms with Gasteiger partial charge in [-0.15, -0.1) is 0 Å². The Labute approximate surface area is 468 Å². The summed E-state index contributed by atoms with van der Waals surface area (Å²) in [5, 5.41) is 30.5. The molecule has 3 atom stereocenters. The van der Waals surface area contributed by atoms with Crippen molar-refractivity contribution in [2.24, 2.45) is 39.3 Å². The molecule has 0 saturated heterocycles. The minimum absolute atomic E-state index is 0.0129. The molecule has 0 saturated carbocycles. The number of allylic oxidation sites excluding steroid dienone is 1. The first-order valence-electron chi connectivity index (χ1n) is 27.7. The molecule has 3 aromatic rings. The third-order valence-electron chi connectivity index (χ3n) is 12.3. The van der Waals surface area contributed by atoms with Gasteiger partial charge in [0.2, 0.25) is 11.8 Å². The van der Waals surface area contributed by atoms with Gasteiger partial charge in [0.1, 0.15) is 11.6 Å². The largest absolute Gasteiger partial charge is 0.496 e. The van der Waals surface area contributed by atoms with Crippen molar-refractivity contribution in [3.8, 4) is 5.75 Å². The second-order valence-corrected chi connectivity index (χ2v) is 21.3. The van der Waals surface area contributed by atoms with E-state index in [0.717, 1.165) is 95.9 Å². The fourth-order valence-electron chi connectivity index (χ4n) is 6.89. The van der Waals surface area contributed by atoms with Gasteiger partial charge in [0.05, 0.1) is 70.2 Å². The molecule has 1 heterocycles. The number of aromatic nitrogens is 1. The van der Waals surface area contributed by atoms with Crippen LogP contribution in [0.4, 0.5) is 10.5 Å². The van der Waals surface area contributed by atoms with Crippen LogP contribution in [-0.4, -0.2) is 110 Å². The topological polar surface area (TPSA) is 289 Å². The van der Waals surface area contributed by atoms with E-state index in [1.165, 1.54) is 0 Å². The summed E-state index contributed by atoms with van der Waals surface area (Å²) in [6, 6.07) is 14.8. The van der Waals surface area contributed by atoms with E-state index in [0.29, 0.717) is 57.6 Å². The Morgan fingerprint density at radius 3 is 2.01 bits per heavy atom. The Balaban J connectivity index is 0.00000249. The lowest BCUT2D eigenvalue weighted by atomic mass is 9.84. The zero-order valence-electron chi connectivity index (χ0n) is 50.2. The number of amides is 4. The molecule has 1 aromatic heterocycles. The Morgan fingerprint density at radius 2 is 1.50 bits per heavy atom. The number of urea groups is 1. The molecular weight excluding hydrogens is 989 g/mol. The minimum atomic E-state index is -0.651. The van der Waals surface area contributed by atoms with Crippen molar-refractivity contribution in [3.63, 3.8) is 0 Å². The molecule has 0 spiro atoms. The molecule has 14 N–H and O–H groups in total. The number of primary amides is 1. The molecule has 78 heavy (non-hydrogen) atoms. The van der Waals surface area contributed by atoms with E-state index in [9.17, 15) is 14.4 Å². The van der Waals surface area contributed by atoms with Crippen LogP contribution < -0.4 is 59.5 Å². The molecule has 2 aromatic carbocycles. The smallest absolute Gasteiger partial charge is 0.312 e. The maximum Gasteiger partial charge on any atom is 0.312 e. The fraction of sp³-hybridized carbons (Fsp3) is 0.600. The number of unbranched alkanes of at least 4 members (excludes halogenated alkanes) is 2. The number of aliphatic imine (C=N–C) groups is 1. The van der Waals surface area contributed by atoms with Gasteiger partial charge in [-0.3, -0.25) is 9.59 Å². The standard InChI is InChI=1S/C46H71N7O5.C6H13NO.C4H10N2O.C4H10O/c1-11-13-14-23-49-43(52-39(47)15-12-2)42-33(5)22-24-53(42)27-35-18-19-36(25-38(35)56-10)46(8,9)31-58-30-45(6,7)29-57-28-34-16-20-37(21-17-34)51-40(54)26-50-44(55)41(48)32(3)4;1-3-5(2)6(8)4-7;1-2-3-6-4(5)7;1-3-4(2)5/h16-22,24-25,32,41,49H,5,11-15,23,26-31,48H2,1-4,6-10H3,(H2,47,52)(H,50,55)(H,51,54);3,6,8H,4,7H2,1-2H3;2-3H2,1H3,(H3,5,6,7);4-5H,3H2,1-2H3/b43-42+;;;. The average Bonchev–Trinajstić information content (AvgIpc) is 3.76. The number of methoxy groups -OCH3 is 1. The van der Waals surface area contributed by atoms with Gasteiger partial charge < -0.3 is 73.2 Å². The van der Waals surface area contributed by atoms with Gasteiger partial charge in [-0.25, -0.2) is 9.79 Å². The van der Waals surface area contributed by atoms with E-state index < -0.39 is 18.2 Å². The number of hydrogen-bond acceptors (Lipinski definition) is 12. The predicted molar refractivity (Wildman–Crippen MR) is 321 cm³/mol. The Hall–Kier alpha value is -5.76. The Morgan fingerprint density at radius 1 is 0.859 bits per heavy atom. The van der Waals surface area contributed by atoms with Crippen molar-refractivity contribution in [2.45, 2.75) is 172 Å². The number of aliphatic hydroxyl groups excluding tert-OH is 2. The highest BCUT2D eigenvalue weighted by Crippen LogP contribution is 2.31. The summed E-state index contributed by atoms with van der Waals surface area (Å²) in [7, 11) is 1.71. The summed E-state index contributed by atoms with van der Waals surface area (Å²) in [4.78, 5) is 39.0. The highest BCUT2D eigenvalue weighted by atomic mass is 16.5. The zero-order valence-corrected chi connectivity index (χ0v) is 50.2. The molecule has 0 radical (unpaired) electrons. The molecule has 0 bridgehead atoms. The van der Waals surface area contributed by atoms with Gasteiger partial charge in [-0.05, 0) is 98.6 Å². The molecular formula is C60H104N10O8. The SMILES string of the molecule is C=c1ccn(Cc2ccc(C(C)(C)COCC(C)(C)COCc3ccc(NC(=O)CNC(=O)C(N)C(C)C)cc3)cc2OC)/c1=C(/N=C(/N)CCC)NCCCCC.CC=C(C)C(O)CN.CCC(C)O.CCCNC(N)=O. The van der Waals surface area contributed by atoms with Crippen LogP contribution in [0.15, 0.2) is 71.4 Å². The second kappa shape index (κ2) is 39.6. The molecule has 4 amide bonds. The van der Waals surface area contributed by atoms with Crippen molar-refractivity contribution in [1.29, 1.82) is 0 Å². The van der Waals surface area contributed by atoms with E-state index in [-0.39, 0.29) is 41.2 Å². The van der Waals surface area contributed by atoms with Crippen LogP contribution in [0.1, 0.15) is 152 Å². The predicted octanol–water partition coefficient (Wildman–Crippen LogP) is 6.65. The van der Waals surface area contributed by atoms with Crippen LogP contribution in [0.5, 0.6) is 5.75 Å². The van der Waals surface area contributed by atoms with E-state index in [1.54, 1.807) is 14.0 Å². The quantitative estimate of drug-likeness (QED) is 0.0145. The average molecular weight is 1090 g/mol. The third-order valence-corrected chi connectivity index (χ3v) is 12.3. The lowest BCUT2D eigenvalue weighted by Gasteiger charge is -2.30. The van der Waals surface area contributed by atoms with Gasteiger partial charge >= 0.3 is 6.03 Å². The number of aliphatic hydroxyl groups is 2. The van der Waals surface area contributed by atoms with Crippen molar-refractivity contribution in [3.05, 3.63) is 93.6 Å². The molecule has 442 valence electrons. The fourth-order valence-corrected chi connectivity index (χ4v) is 6.89. The first kappa shape index (κ1) is 72.2. The summed E-state index contributed by atoms with van der Waals surface area (Å²) in [6.45, 7) is 34.6. The van der Waals surface area contributed by atoms with Crippen LogP contribution in [0.3, 0.4) is 0 Å². The molecule has 0 aliphatic carbocycles. The van der Waals surface area contributed by atoms with Crippen LogP contribution >= 0.6 is 0 Å². The molecule has 0 fully saturated rings. The number of anilines is 1. The number of nitrogens with zero attached hydrogens (tertiary/aromatic N) is 2. The third kappa shape index (κ3) is 30.4. The Bertz CT molecular complexity index is 2350. The number of hydrogen-bond donors (Lipinski definition) is 10. The minimum Gasteiger partial charge on any atom is -0.496 e. The van der Waals surface area contributed by atoms with Crippen LogP contribution in [0.25, 0.3) is 12.4 Å². The van der Waals surface area contributed by atoms with Crippen molar-refractivity contribution < 1.29 is 38.8 Å². The molecule has 0 aliphatic heterocycles. The number of carbonyl (C=O) groups is 3. The normalized spacial score (nSPS) is 13.3. The van der Waals surface area contributed by atoms with Gasteiger partial charge in [0, 0.05) is 54.3 Å². The lowest BCUT2D eigenvalue weighted by Crippen LogP contribution is -2.46. The number of rotatable bonds is 30. The van der Waals surface area contributed by atoms with Gasteiger partial charge in [-0.1, -0.05) is 119 Å². The van der Waals surface area contributed by atoms with E-state index in [4.69, 9.17) is 52.4 Å². The number of benzene rings is 2. The van der Waals surface area contributed by atoms with E-state index in [1.807, 2.05) is 84.1 Å². The molecule has 18 heteroatoms. The van der Waals surface area contributed by atoms with Crippen LogP contribution in [-0.2, 0) is 37.6 Å². The van der Waals surface area contributed by atoms with Crippen LogP contribution in [0.2, 0.25) is 0 Å². The summed E-state index contributed by atoms with van der Waals surface area (Å²) in [5.41, 5.74) is 26.3. The van der Waals surface area contributed by atoms with Gasteiger partial charge in [0.25, 0.3) is 0 Å². The monoisotopic (exact) mass is 1090 g/mol. The summed E-state index contributed by atoms with van der Waals surface area (Å²) in [5.74, 6) is 1.49. The van der Waals surface area contributed by atoms with Crippen molar-refractivity contribution >= 4 is 41.8 Å². The molecule has 3 rings (SSSR count). The maximum atomic E-state index is 12.3. The number of nitrogens with two attached hydrogens (primary N) is 4. The van der Waals surface area contributed by atoms with E-state index in [2.05, 4.69) is 92.2 Å². The first-order valence-corrected chi connectivity index (χ1v) is 27.7. The van der Waals surface area contributed by atoms with Crippen LogP contribution in [0, 0.1) is 11.3 Å². The highest BCUT2D eigenvalue weighted by Gasteiger charge is 2.26. The summed E-state index contributed by atoms with van der Waals surface area (Å²) < 4.78 is 20.5. The van der Waals surface area contributed by atoms with Gasteiger partial charge in [-0.2, -0.15) is 0 Å². The molecule has 18 nitrogen and oxygen atoms in total. The van der Waals surface area contributed by atoms with Gasteiger partial charge in [0.15, 0.2) is 5.82 Å². The molecule has 0 aliphatic rings.